The number of ketones is 1. The molecule has 0 amide bonds. The third-order valence-corrected chi connectivity index (χ3v) is 5.15. The van der Waals surface area contributed by atoms with E-state index in [2.05, 4.69) is 19.9 Å². The van der Waals surface area contributed by atoms with Crippen molar-refractivity contribution in [1.82, 2.24) is 19.6 Å². The molecule has 0 aliphatic rings. The molecular formula is C23H20F3N5O3. The highest BCUT2D eigenvalue weighted by molar-refractivity contribution is 6.21. The quantitative estimate of drug-likeness (QED) is 0.423. The summed E-state index contributed by atoms with van der Waals surface area (Å²) in [6.45, 7) is 3.06. The number of nitrogens with two attached hydrogens (primary N) is 1. The van der Waals surface area contributed by atoms with Crippen LogP contribution >= 0.6 is 0 Å². The summed E-state index contributed by atoms with van der Waals surface area (Å²) < 4.78 is 48.5. The first kappa shape index (κ1) is 23.0. The van der Waals surface area contributed by atoms with Crippen molar-refractivity contribution in [3.63, 3.8) is 0 Å². The second-order valence-electron chi connectivity index (χ2n) is 7.59. The van der Waals surface area contributed by atoms with Crippen molar-refractivity contribution in [1.29, 1.82) is 0 Å². The lowest BCUT2D eigenvalue weighted by molar-refractivity contribution is -0.274. The highest BCUT2D eigenvalue weighted by atomic mass is 19.4. The van der Waals surface area contributed by atoms with Crippen molar-refractivity contribution < 1.29 is 27.4 Å². The van der Waals surface area contributed by atoms with Gasteiger partial charge in [-0.05, 0) is 37.6 Å². The lowest BCUT2D eigenvalue weighted by atomic mass is 9.99. The highest BCUT2D eigenvalue weighted by Crippen LogP contribution is 2.33. The summed E-state index contributed by atoms with van der Waals surface area (Å²) in [5.41, 5.74) is 9.54. The second-order valence-corrected chi connectivity index (χ2v) is 7.59. The minimum Gasteiger partial charge on any atom is -0.496 e. The predicted molar refractivity (Wildman–Crippen MR) is 118 cm³/mol. The van der Waals surface area contributed by atoms with E-state index in [0.717, 1.165) is 0 Å². The Balaban J connectivity index is 1.80. The van der Waals surface area contributed by atoms with Gasteiger partial charge in [0.2, 0.25) is 0 Å². The zero-order valence-electron chi connectivity index (χ0n) is 18.5. The first-order chi connectivity index (χ1) is 16.1. The van der Waals surface area contributed by atoms with Crippen molar-refractivity contribution in [2.45, 2.75) is 26.6 Å². The summed E-state index contributed by atoms with van der Waals surface area (Å²) in [7, 11) is 1.49. The van der Waals surface area contributed by atoms with Crippen LogP contribution < -0.4 is 15.2 Å². The first-order valence-electron chi connectivity index (χ1n) is 10.1. The van der Waals surface area contributed by atoms with E-state index in [0.29, 0.717) is 50.7 Å². The number of fused-ring (bicyclic) bond motifs is 3. The Hall–Kier alpha value is -4.15. The number of aromatic nitrogens is 4. The van der Waals surface area contributed by atoms with Gasteiger partial charge in [-0.1, -0.05) is 12.1 Å². The highest BCUT2D eigenvalue weighted by Gasteiger charge is 2.31. The molecule has 0 spiro atoms. The van der Waals surface area contributed by atoms with E-state index in [1.165, 1.54) is 38.3 Å². The predicted octanol–water partition coefficient (Wildman–Crippen LogP) is 4.05. The molecule has 4 rings (SSSR count). The molecule has 2 N–H and O–H groups in total. The molecule has 0 atom stereocenters. The molecule has 34 heavy (non-hydrogen) atoms. The number of carbonyl (C=O) groups is 1. The SMILES string of the molecule is COc1cc2c(cc1C(C(C)=O)=C(C)N)ncc1nnc(Cc3ccc(OC(F)(F)F)cc3)n12. The van der Waals surface area contributed by atoms with Crippen molar-refractivity contribution in [2.75, 3.05) is 7.11 Å². The maximum atomic E-state index is 12.4. The van der Waals surface area contributed by atoms with E-state index in [1.807, 2.05) is 0 Å². The maximum absolute atomic E-state index is 12.4. The summed E-state index contributed by atoms with van der Waals surface area (Å²) in [5.74, 6) is 0.449. The normalized spacial score (nSPS) is 12.6. The van der Waals surface area contributed by atoms with Gasteiger partial charge < -0.3 is 15.2 Å². The fourth-order valence-electron chi connectivity index (χ4n) is 3.79. The molecular weight excluding hydrogens is 451 g/mol. The maximum Gasteiger partial charge on any atom is 0.573 e. The number of benzene rings is 2. The molecule has 0 unspecified atom stereocenters. The minimum absolute atomic E-state index is 0.207. The number of nitrogens with zero attached hydrogens (tertiary/aromatic N) is 4. The molecule has 0 aliphatic heterocycles. The van der Waals surface area contributed by atoms with Gasteiger partial charge in [-0.2, -0.15) is 0 Å². The summed E-state index contributed by atoms with van der Waals surface area (Å²) in [4.78, 5) is 16.6. The molecule has 0 saturated carbocycles. The lowest BCUT2D eigenvalue weighted by Crippen LogP contribution is -2.17. The Labute approximate surface area is 191 Å². The van der Waals surface area contributed by atoms with Crippen LogP contribution in [0.3, 0.4) is 0 Å². The lowest BCUT2D eigenvalue weighted by Gasteiger charge is -2.14. The number of hydrogen-bond acceptors (Lipinski definition) is 7. The molecule has 0 bridgehead atoms. The van der Waals surface area contributed by atoms with Crippen LogP contribution in [0.15, 0.2) is 48.3 Å². The molecule has 0 aliphatic carbocycles. The fraction of sp³-hybridized carbons (Fsp3) is 0.217. The molecule has 8 nitrogen and oxygen atoms in total. The number of alkyl halides is 3. The van der Waals surface area contributed by atoms with Gasteiger partial charge in [0.15, 0.2) is 11.4 Å². The van der Waals surface area contributed by atoms with Crippen LogP contribution in [0.5, 0.6) is 11.5 Å². The number of carbonyl (C=O) groups excluding carboxylic acids is 1. The molecule has 176 valence electrons. The van der Waals surface area contributed by atoms with E-state index < -0.39 is 6.36 Å². The smallest absolute Gasteiger partial charge is 0.496 e. The van der Waals surface area contributed by atoms with Crippen molar-refractivity contribution in [3.8, 4) is 11.5 Å². The molecule has 0 radical (unpaired) electrons. The van der Waals surface area contributed by atoms with Crippen LogP contribution in [0.25, 0.3) is 22.3 Å². The second kappa shape index (κ2) is 8.65. The van der Waals surface area contributed by atoms with Gasteiger partial charge >= 0.3 is 6.36 Å². The molecule has 11 heteroatoms. The summed E-state index contributed by atoms with van der Waals surface area (Å²) in [5, 5.41) is 8.38. The molecule has 2 heterocycles. The van der Waals surface area contributed by atoms with Gasteiger partial charge in [0.25, 0.3) is 0 Å². The Morgan fingerprint density at radius 3 is 2.41 bits per heavy atom. The van der Waals surface area contributed by atoms with Crippen molar-refractivity contribution in [2.24, 2.45) is 5.73 Å². The van der Waals surface area contributed by atoms with Gasteiger partial charge in [0, 0.05) is 29.3 Å². The van der Waals surface area contributed by atoms with Gasteiger partial charge in [-0.15, -0.1) is 23.4 Å². The number of halogens is 3. The van der Waals surface area contributed by atoms with Crippen LogP contribution in [0.2, 0.25) is 0 Å². The van der Waals surface area contributed by atoms with E-state index in [-0.39, 0.29) is 18.0 Å². The van der Waals surface area contributed by atoms with Gasteiger partial charge in [-0.25, -0.2) is 0 Å². The Morgan fingerprint density at radius 2 is 1.82 bits per heavy atom. The number of ether oxygens (including phenoxy) is 2. The zero-order chi connectivity index (χ0) is 24.6. The van der Waals surface area contributed by atoms with Crippen molar-refractivity contribution >= 4 is 28.0 Å². The Morgan fingerprint density at radius 1 is 1.12 bits per heavy atom. The molecule has 2 aromatic heterocycles. The topological polar surface area (TPSA) is 105 Å². The van der Waals surface area contributed by atoms with E-state index >= 15 is 0 Å². The zero-order valence-corrected chi connectivity index (χ0v) is 18.5. The monoisotopic (exact) mass is 471 g/mol. The van der Waals surface area contributed by atoms with Crippen molar-refractivity contribution in [3.05, 3.63) is 65.2 Å². The molecule has 2 aromatic carbocycles. The van der Waals surface area contributed by atoms with E-state index in [1.54, 1.807) is 29.7 Å². The molecule has 0 fully saturated rings. The van der Waals surface area contributed by atoms with Crippen LogP contribution in [0.4, 0.5) is 13.2 Å². The summed E-state index contributed by atoms with van der Waals surface area (Å²) in [6, 6.07) is 8.98. The van der Waals surface area contributed by atoms with E-state index in [9.17, 15) is 18.0 Å². The first-order valence-corrected chi connectivity index (χ1v) is 10.1. The average molecular weight is 471 g/mol. The molecule has 4 aromatic rings. The van der Waals surface area contributed by atoms with Crippen LogP contribution in [-0.4, -0.2) is 38.8 Å². The number of allylic oxidation sites excluding steroid dienone is 2. The van der Waals surface area contributed by atoms with Crippen LogP contribution in [0, 0.1) is 0 Å². The minimum atomic E-state index is -4.76. The van der Waals surface area contributed by atoms with Gasteiger partial charge in [-0.3, -0.25) is 14.2 Å². The third kappa shape index (κ3) is 4.49. The standard InChI is InChI=1S/C23H20F3N5O3/c1-12(27)22(13(2)32)16-9-17-18(10-19(16)33-3)31-20(29-30-21(31)11-28-17)8-14-4-6-15(7-5-14)34-23(24,25)26/h4-7,9-11H,8,27H2,1-3H3. The van der Waals surface area contributed by atoms with Gasteiger partial charge in [0.05, 0.1) is 24.3 Å². The Kier molecular flexibility index (Phi) is 5.86. The number of hydrogen-bond donors (Lipinski definition) is 1. The van der Waals surface area contributed by atoms with Gasteiger partial charge in [0.1, 0.15) is 17.3 Å². The third-order valence-electron chi connectivity index (χ3n) is 5.15. The average Bonchev–Trinajstić information content (AvgIpc) is 3.16. The largest absolute Gasteiger partial charge is 0.573 e. The fourth-order valence-corrected chi connectivity index (χ4v) is 3.79. The Bertz CT molecular complexity index is 1420. The summed E-state index contributed by atoms with van der Waals surface area (Å²) in [6.07, 6.45) is -2.92. The number of rotatable bonds is 6. The summed E-state index contributed by atoms with van der Waals surface area (Å²) >= 11 is 0. The van der Waals surface area contributed by atoms with E-state index in [4.69, 9.17) is 10.5 Å². The van der Waals surface area contributed by atoms with Crippen LogP contribution in [0.1, 0.15) is 30.8 Å². The molecule has 0 saturated heterocycles. The number of methoxy groups -OCH3 is 1. The van der Waals surface area contributed by atoms with Crippen LogP contribution in [-0.2, 0) is 11.2 Å². The number of Topliss-reactive ketones (excluding diaryl/α,β-unsaturated/α-hetero) is 1.